The second-order valence-electron chi connectivity index (χ2n) is 7.37. The van der Waals surface area contributed by atoms with Gasteiger partial charge in [-0.2, -0.15) is 0 Å². The molecule has 0 radical (unpaired) electrons. The number of hydrogen-bond acceptors (Lipinski definition) is 1. The fraction of sp³-hybridized carbons (Fsp3) is 1.00. The van der Waals surface area contributed by atoms with Gasteiger partial charge in [-0.3, -0.25) is 0 Å². The molecule has 0 bridgehead atoms. The van der Waals surface area contributed by atoms with Crippen molar-refractivity contribution in [2.75, 3.05) is 6.54 Å². The second kappa shape index (κ2) is 9.82. The van der Waals surface area contributed by atoms with Crippen molar-refractivity contribution >= 4 is 0 Å². The van der Waals surface area contributed by atoms with Crippen LogP contribution in [0, 0.1) is 11.3 Å². The molecule has 1 saturated carbocycles. The third kappa shape index (κ3) is 5.76. The van der Waals surface area contributed by atoms with Crippen LogP contribution in [0.15, 0.2) is 0 Å². The van der Waals surface area contributed by atoms with E-state index in [0.29, 0.717) is 5.41 Å². The molecule has 120 valence electrons. The smallest absolute Gasteiger partial charge is 0.0123 e. The van der Waals surface area contributed by atoms with E-state index in [2.05, 4.69) is 33.0 Å². The monoisotopic (exact) mass is 281 g/mol. The van der Waals surface area contributed by atoms with Crippen molar-refractivity contribution in [2.45, 2.75) is 104 Å². The average molecular weight is 282 g/mol. The van der Waals surface area contributed by atoms with Gasteiger partial charge in [0, 0.05) is 6.04 Å². The number of hydrogen-bond donors (Lipinski definition) is 1. The Morgan fingerprint density at radius 1 is 1.00 bits per heavy atom. The van der Waals surface area contributed by atoms with Gasteiger partial charge in [0.25, 0.3) is 0 Å². The first kappa shape index (κ1) is 18.0. The Balaban J connectivity index is 2.61. The van der Waals surface area contributed by atoms with E-state index in [1.54, 1.807) is 0 Å². The SMILES string of the molecule is CCCCC(CC)CC(NCCC)C1(C)CCCCC1. The minimum Gasteiger partial charge on any atom is -0.313 e. The molecular weight excluding hydrogens is 242 g/mol. The molecular formula is C19H39N. The normalized spacial score (nSPS) is 21.6. The molecule has 1 heteroatoms. The van der Waals surface area contributed by atoms with Crippen molar-refractivity contribution in [3.8, 4) is 0 Å². The lowest BCUT2D eigenvalue weighted by Gasteiger charge is -2.43. The van der Waals surface area contributed by atoms with Crippen molar-refractivity contribution in [3.63, 3.8) is 0 Å². The molecule has 0 aromatic rings. The molecule has 0 saturated heterocycles. The van der Waals surface area contributed by atoms with Crippen LogP contribution < -0.4 is 5.32 Å². The summed E-state index contributed by atoms with van der Waals surface area (Å²) < 4.78 is 0. The van der Waals surface area contributed by atoms with Gasteiger partial charge in [-0.15, -0.1) is 0 Å². The lowest BCUT2D eigenvalue weighted by Crippen LogP contribution is -2.46. The minimum absolute atomic E-state index is 0.563. The van der Waals surface area contributed by atoms with E-state index in [1.807, 2.05) is 0 Å². The van der Waals surface area contributed by atoms with Gasteiger partial charge in [0.2, 0.25) is 0 Å². The molecule has 0 aromatic carbocycles. The summed E-state index contributed by atoms with van der Waals surface area (Å²) in [6, 6.07) is 0.754. The van der Waals surface area contributed by atoms with Gasteiger partial charge in [0.1, 0.15) is 0 Å². The van der Waals surface area contributed by atoms with Crippen LogP contribution in [0.5, 0.6) is 0 Å². The van der Waals surface area contributed by atoms with Crippen molar-refractivity contribution in [1.29, 1.82) is 0 Å². The topological polar surface area (TPSA) is 12.0 Å². The Labute approximate surface area is 128 Å². The van der Waals surface area contributed by atoms with Crippen LogP contribution in [0.3, 0.4) is 0 Å². The minimum atomic E-state index is 0.563. The van der Waals surface area contributed by atoms with Crippen LogP contribution in [-0.2, 0) is 0 Å². The maximum Gasteiger partial charge on any atom is 0.0123 e. The van der Waals surface area contributed by atoms with Gasteiger partial charge in [-0.25, -0.2) is 0 Å². The zero-order valence-corrected chi connectivity index (χ0v) is 14.6. The summed E-state index contributed by atoms with van der Waals surface area (Å²) in [5, 5.41) is 3.92. The average Bonchev–Trinajstić information content (AvgIpc) is 2.47. The first-order valence-electron chi connectivity index (χ1n) is 9.39. The molecule has 2 atom stereocenters. The third-order valence-corrected chi connectivity index (χ3v) is 5.59. The van der Waals surface area contributed by atoms with Gasteiger partial charge in [0.15, 0.2) is 0 Å². The van der Waals surface area contributed by atoms with Gasteiger partial charge in [0.05, 0.1) is 0 Å². The number of unbranched alkanes of at least 4 members (excludes halogenated alkanes) is 1. The quantitative estimate of drug-likeness (QED) is 0.523. The van der Waals surface area contributed by atoms with Crippen LogP contribution in [0.1, 0.15) is 98.3 Å². The molecule has 1 aliphatic carbocycles. The highest BCUT2D eigenvalue weighted by Crippen LogP contribution is 2.41. The fourth-order valence-electron chi connectivity index (χ4n) is 3.96. The first-order valence-corrected chi connectivity index (χ1v) is 9.39. The van der Waals surface area contributed by atoms with Crippen LogP contribution in [0.2, 0.25) is 0 Å². The summed E-state index contributed by atoms with van der Waals surface area (Å²) in [4.78, 5) is 0. The zero-order chi connectivity index (χ0) is 14.8. The number of nitrogens with one attached hydrogen (secondary N) is 1. The fourth-order valence-corrected chi connectivity index (χ4v) is 3.96. The van der Waals surface area contributed by atoms with E-state index in [4.69, 9.17) is 0 Å². The van der Waals surface area contributed by atoms with E-state index in [-0.39, 0.29) is 0 Å². The van der Waals surface area contributed by atoms with Gasteiger partial charge in [-0.1, -0.05) is 72.6 Å². The molecule has 1 nitrogen and oxygen atoms in total. The first-order chi connectivity index (χ1) is 9.66. The zero-order valence-electron chi connectivity index (χ0n) is 14.6. The highest BCUT2D eigenvalue weighted by atomic mass is 14.9. The third-order valence-electron chi connectivity index (χ3n) is 5.59. The lowest BCUT2D eigenvalue weighted by atomic mass is 9.68. The molecule has 0 spiro atoms. The van der Waals surface area contributed by atoms with Gasteiger partial charge >= 0.3 is 0 Å². The summed E-state index contributed by atoms with van der Waals surface area (Å²) in [5.41, 5.74) is 0.563. The largest absolute Gasteiger partial charge is 0.313 e. The predicted octanol–water partition coefficient (Wildman–Crippen LogP) is 5.93. The second-order valence-corrected chi connectivity index (χ2v) is 7.37. The van der Waals surface area contributed by atoms with Crippen molar-refractivity contribution < 1.29 is 0 Å². The standard InChI is InChI=1S/C19H39N/c1-5-8-12-17(7-3)16-18(20-15-6-2)19(4)13-10-9-11-14-19/h17-18,20H,5-16H2,1-4H3. The lowest BCUT2D eigenvalue weighted by molar-refractivity contribution is 0.121. The molecule has 0 amide bonds. The van der Waals surface area contributed by atoms with Crippen molar-refractivity contribution in [2.24, 2.45) is 11.3 Å². The molecule has 1 aliphatic rings. The maximum absolute atomic E-state index is 3.92. The highest BCUT2D eigenvalue weighted by molar-refractivity contribution is 4.91. The van der Waals surface area contributed by atoms with Crippen LogP contribution >= 0.6 is 0 Å². The Bertz CT molecular complexity index is 230. The summed E-state index contributed by atoms with van der Waals surface area (Å²) in [5.74, 6) is 0.933. The van der Waals surface area contributed by atoms with E-state index in [9.17, 15) is 0 Å². The molecule has 1 rings (SSSR count). The van der Waals surface area contributed by atoms with E-state index < -0.39 is 0 Å². The Hall–Kier alpha value is -0.0400. The van der Waals surface area contributed by atoms with Crippen molar-refractivity contribution in [3.05, 3.63) is 0 Å². The van der Waals surface area contributed by atoms with Crippen LogP contribution in [0.4, 0.5) is 0 Å². The molecule has 1 fully saturated rings. The van der Waals surface area contributed by atoms with Crippen molar-refractivity contribution in [1.82, 2.24) is 5.32 Å². The Morgan fingerprint density at radius 2 is 1.70 bits per heavy atom. The van der Waals surface area contributed by atoms with Crippen LogP contribution in [0.25, 0.3) is 0 Å². The predicted molar refractivity (Wildman–Crippen MR) is 91.2 cm³/mol. The Kier molecular flexibility index (Phi) is 8.84. The number of rotatable bonds is 10. The molecule has 1 N–H and O–H groups in total. The van der Waals surface area contributed by atoms with Gasteiger partial charge in [-0.05, 0) is 43.6 Å². The Morgan fingerprint density at radius 3 is 2.25 bits per heavy atom. The molecule has 0 heterocycles. The van der Waals surface area contributed by atoms with Crippen LogP contribution in [-0.4, -0.2) is 12.6 Å². The maximum atomic E-state index is 3.92. The van der Waals surface area contributed by atoms with E-state index in [0.717, 1.165) is 12.0 Å². The van der Waals surface area contributed by atoms with Gasteiger partial charge < -0.3 is 5.32 Å². The molecule has 0 aliphatic heterocycles. The van der Waals surface area contributed by atoms with E-state index in [1.165, 1.54) is 77.2 Å². The highest BCUT2D eigenvalue weighted by Gasteiger charge is 2.35. The summed E-state index contributed by atoms with van der Waals surface area (Å²) >= 11 is 0. The molecule has 2 unspecified atom stereocenters. The van der Waals surface area contributed by atoms with E-state index >= 15 is 0 Å². The summed E-state index contributed by atoms with van der Waals surface area (Å²) in [6.07, 6.45) is 15.5. The molecule has 0 aromatic heterocycles. The molecule has 20 heavy (non-hydrogen) atoms. The summed E-state index contributed by atoms with van der Waals surface area (Å²) in [7, 11) is 0. The summed E-state index contributed by atoms with van der Waals surface area (Å²) in [6.45, 7) is 10.8.